The zero-order valence-corrected chi connectivity index (χ0v) is 12.5. The first-order valence-electron chi connectivity index (χ1n) is 7.42. The number of ether oxygens (including phenoxy) is 2. The van der Waals surface area contributed by atoms with E-state index in [0.717, 1.165) is 13.3 Å². The van der Waals surface area contributed by atoms with Crippen LogP contribution in [0.3, 0.4) is 0 Å². The fraction of sp³-hybridized carbons (Fsp3) is 0.933. The third-order valence-corrected chi connectivity index (χ3v) is 5.31. The molecule has 4 unspecified atom stereocenters. The standard InChI is InChI=1S/C15H22F2O4/c1-12(16,17)9-21-11(18)13-3-10-4-14(19,6-13)8-15(5-10,7-13)20-2/h10,19H,3-9H2,1-2H3. The molecule has 0 heterocycles. The first kappa shape index (κ1) is 15.2. The van der Waals surface area contributed by atoms with Gasteiger partial charge in [-0.05, 0) is 38.0 Å². The van der Waals surface area contributed by atoms with Crippen LogP contribution in [-0.4, -0.2) is 41.9 Å². The Hall–Kier alpha value is -0.750. The molecule has 21 heavy (non-hydrogen) atoms. The van der Waals surface area contributed by atoms with Crippen molar-refractivity contribution in [1.82, 2.24) is 0 Å². The highest BCUT2D eigenvalue weighted by Gasteiger charge is 2.66. The lowest BCUT2D eigenvalue weighted by Gasteiger charge is -2.63. The molecule has 4 bridgehead atoms. The number of esters is 1. The monoisotopic (exact) mass is 304 g/mol. The maximum absolute atomic E-state index is 12.9. The van der Waals surface area contributed by atoms with Crippen molar-refractivity contribution in [2.24, 2.45) is 11.3 Å². The molecular weight excluding hydrogens is 282 g/mol. The summed E-state index contributed by atoms with van der Waals surface area (Å²) in [5, 5.41) is 10.7. The highest BCUT2D eigenvalue weighted by atomic mass is 19.3. The van der Waals surface area contributed by atoms with Gasteiger partial charge in [-0.25, -0.2) is 8.78 Å². The molecule has 4 aliphatic carbocycles. The van der Waals surface area contributed by atoms with Crippen LogP contribution < -0.4 is 0 Å². The Balaban J connectivity index is 1.82. The third kappa shape index (κ3) is 2.57. The van der Waals surface area contributed by atoms with Gasteiger partial charge in [0.15, 0.2) is 6.61 Å². The van der Waals surface area contributed by atoms with Crippen LogP contribution in [0.4, 0.5) is 8.78 Å². The van der Waals surface area contributed by atoms with Crippen LogP contribution in [0.1, 0.15) is 45.4 Å². The van der Waals surface area contributed by atoms with Gasteiger partial charge in [0, 0.05) is 20.5 Å². The number of carbonyl (C=O) groups excluding carboxylic acids is 1. The summed E-state index contributed by atoms with van der Waals surface area (Å²) in [5.41, 5.74) is -2.31. The van der Waals surface area contributed by atoms with Gasteiger partial charge in [0.25, 0.3) is 5.92 Å². The highest BCUT2D eigenvalue weighted by molar-refractivity contribution is 5.78. The summed E-state index contributed by atoms with van der Waals surface area (Å²) in [6.45, 7) is -0.180. The molecular formula is C15H22F2O4. The summed E-state index contributed by atoms with van der Waals surface area (Å²) in [6, 6.07) is 0. The Bertz CT molecular complexity index is 463. The Morgan fingerprint density at radius 3 is 2.57 bits per heavy atom. The second kappa shape index (κ2) is 4.38. The van der Waals surface area contributed by atoms with Gasteiger partial charge >= 0.3 is 5.97 Å². The van der Waals surface area contributed by atoms with Crippen molar-refractivity contribution in [3.05, 3.63) is 0 Å². The summed E-state index contributed by atoms with van der Waals surface area (Å²) in [4.78, 5) is 12.4. The number of methoxy groups -OCH3 is 1. The molecule has 0 saturated heterocycles. The molecule has 0 amide bonds. The minimum absolute atomic E-state index is 0.195. The van der Waals surface area contributed by atoms with Crippen molar-refractivity contribution in [2.75, 3.05) is 13.7 Å². The number of carbonyl (C=O) groups is 1. The molecule has 4 fully saturated rings. The van der Waals surface area contributed by atoms with Crippen molar-refractivity contribution in [3.63, 3.8) is 0 Å². The van der Waals surface area contributed by atoms with E-state index in [-0.39, 0.29) is 5.92 Å². The molecule has 0 aromatic heterocycles. The molecule has 0 aromatic carbocycles. The highest BCUT2D eigenvalue weighted by Crippen LogP contribution is 2.64. The van der Waals surface area contributed by atoms with Crippen molar-refractivity contribution >= 4 is 5.97 Å². The first-order valence-corrected chi connectivity index (χ1v) is 7.42. The van der Waals surface area contributed by atoms with E-state index in [0.29, 0.717) is 32.1 Å². The Morgan fingerprint density at radius 1 is 1.29 bits per heavy atom. The van der Waals surface area contributed by atoms with E-state index in [1.807, 2.05) is 0 Å². The van der Waals surface area contributed by atoms with Crippen LogP contribution in [0.5, 0.6) is 0 Å². The zero-order chi connectivity index (χ0) is 15.5. The average molecular weight is 304 g/mol. The lowest BCUT2D eigenvalue weighted by Crippen LogP contribution is -2.65. The summed E-state index contributed by atoms with van der Waals surface area (Å²) >= 11 is 0. The summed E-state index contributed by atoms with van der Waals surface area (Å²) in [5.74, 6) is -3.44. The lowest BCUT2D eigenvalue weighted by molar-refractivity contribution is -0.246. The molecule has 4 nitrogen and oxygen atoms in total. The zero-order valence-electron chi connectivity index (χ0n) is 12.5. The molecule has 4 atom stereocenters. The Kier molecular flexibility index (Phi) is 3.16. The number of hydrogen-bond donors (Lipinski definition) is 1. The maximum atomic E-state index is 12.9. The van der Waals surface area contributed by atoms with Crippen LogP contribution in [0.25, 0.3) is 0 Å². The van der Waals surface area contributed by atoms with Gasteiger partial charge < -0.3 is 14.6 Å². The molecule has 4 rings (SSSR count). The predicted molar refractivity (Wildman–Crippen MR) is 69.9 cm³/mol. The fourth-order valence-electron chi connectivity index (χ4n) is 5.10. The topological polar surface area (TPSA) is 55.8 Å². The normalized spacial score (nSPS) is 44.9. The minimum Gasteiger partial charge on any atom is -0.459 e. The van der Waals surface area contributed by atoms with Crippen LogP contribution >= 0.6 is 0 Å². The molecule has 6 heteroatoms. The van der Waals surface area contributed by atoms with Crippen LogP contribution in [0.15, 0.2) is 0 Å². The fourth-order valence-corrected chi connectivity index (χ4v) is 5.10. The average Bonchev–Trinajstić information content (AvgIpc) is 2.32. The van der Waals surface area contributed by atoms with Crippen LogP contribution in [-0.2, 0) is 14.3 Å². The summed E-state index contributed by atoms with van der Waals surface area (Å²) in [6.07, 6.45) is 3.38. The van der Waals surface area contributed by atoms with Gasteiger partial charge in [0.2, 0.25) is 0 Å². The molecule has 0 spiro atoms. The molecule has 120 valence electrons. The SMILES string of the molecule is COC12CC3CC(O)(C1)CC(C(=O)OCC(C)(F)F)(C3)C2. The minimum atomic E-state index is -3.03. The van der Waals surface area contributed by atoms with Gasteiger partial charge in [-0.2, -0.15) is 0 Å². The quantitative estimate of drug-likeness (QED) is 0.810. The van der Waals surface area contributed by atoms with E-state index in [1.165, 1.54) is 0 Å². The number of aliphatic hydroxyl groups is 1. The second-order valence-corrected chi connectivity index (χ2v) is 7.55. The van der Waals surface area contributed by atoms with Crippen molar-refractivity contribution in [1.29, 1.82) is 0 Å². The van der Waals surface area contributed by atoms with E-state index < -0.39 is 35.1 Å². The second-order valence-electron chi connectivity index (χ2n) is 7.55. The third-order valence-electron chi connectivity index (χ3n) is 5.31. The van der Waals surface area contributed by atoms with Gasteiger partial charge in [0.05, 0.1) is 16.6 Å². The lowest BCUT2D eigenvalue weighted by atomic mass is 9.46. The van der Waals surface area contributed by atoms with Gasteiger partial charge in [-0.1, -0.05) is 0 Å². The summed E-state index contributed by atoms with van der Waals surface area (Å²) < 4.78 is 36.3. The van der Waals surface area contributed by atoms with Gasteiger partial charge in [0.1, 0.15) is 0 Å². The van der Waals surface area contributed by atoms with Crippen molar-refractivity contribution in [2.45, 2.75) is 62.6 Å². The Morgan fingerprint density at radius 2 is 2.00 bits per heavy atom. The van der Waals surface area contributed by atoms with E-state index in [4.69, 9.17) is 9.47 Å². The molecule has 4 aliphatic rings. The molecule has 4 saturated carbocycles. The van der Waals surface area contributed by atoms with Gasteiger partial charge in [-0.3, -0.25) is 4.79 Å². The van der Waals surface area contributed by atoms with Crippen LogP contribution in [0.2, 0.25) is 0 Å². The van der Waals surface area contributed by atoms with E-state index >= 15 is 0 Å². The van der Waals surface area contributed by atoms with Crippen molar-refractivity contribution < 1.29 is 28.2 Å². The smallest absolute Gasteiger partial charge is 0.312 e. The van der Waals surface area contributed by atoms with E-state index in [2.05, 4.69) is 0 Å². The van der Waals surface area contributed by atoms with Crippen LogP contribution in [0, 0.1) is 11.3 Å². The maximum Gasteiger partial charge on any atom is 0.312 e. The molecule has 0 aliphatic heterocycles. The number of hydrogen-bond acceptors (Lipinski definition) is 4. The van der Waals surface area contributed by atoms with Crippen molar-refractivity contribution in [3.8, 4) is 0 Å². The molecule has 0 aromatic rings. The molecule has 1 N–H and O–H groups in total. The van der Waals surface area contributed by atoms with Gasteiger partial charge in [-0.15, -0.1) is 0 Å². The number of rotatable bonds is 4. The number of alkyl halides is 2. The van der Waals surface area contributed by atoms with E-state index in [1.54, 1.807) is 7.11 Å². The Labute approximate surface area is 122 Å². The van der Waals surface area contributed by atoms with E-state index in [9.17, 15) is 18.7 Å². The number of halogens is 2. The molecule has 0 radical (unpaired) electrons. The predicted octanol–water partition coefficient (Wildman–Crippen LogP) is 2.29. The first-order chi connectivity index (χ1) is 9.60. The summed E-state index contributed by atoms with van der Waals surface area (Å²) in [7, 11) is 1.59. The largest absolute Gasteiger partial charge is 0.459 e.